The molecule has 1 aromatic heterocycles. The quantitative estimate of drug-likeness (QED) is 0.802. The van der Waals surface area contributed by atoms with Crippen molar-refractivity contribution in [2.75, 3.05) is 6.54 Å². The lowest BCUT2D eigenvalue weighted by Gasteiger charge is -2.18. The van der Waals surface area contributed by atoms with Crippen LogP contribution < -0.4 is 5.73 Å². The zero-order valence-electron chi connectivity index (χ0n) is 10.3. The molecule has 3 rings (SSSR count). The molecule has 4 heteroatoms. The van der Waals surface area contributed by atoms with E-state index in [9.17, 15) is 0 Å². The lowest BCUT2D eigenvalue weighted by molar-refractivity contribution is 0.501. The van der Waals surface area contributed by atoms with Crippen LogP contribution in [-0.2, 0) is 6.54 Å². The van der Waals surface area contributed by atoms with Crippen LogP contribution >= 0.6 is 0 Å². The third kappa shape index (κ3) is 1.80. The molecule has 0 aliphatic heterocycles. The lowest BCUT2D eigenvalue weighted by atomic mass is 9.93. The maximum absolute atomic E-state index is 5.59. The molecule has 2 aliphatic carbocycles. The lowest BCUT2D eigenvalue weighted by Crippen LogP contribution is -2.15. The first-order valence-corrected chi connectivity index (χ1v) is 6.57. The Balaban J connectivity index is 1.85. The third-order valence-electron chi connectivity index (χ3n) is 4.16. The number of rotatable bonds is 4. The Kier molecular flexibility index (Phi) is 2.74. The number of nitrogens with two attached hydrogens (primary N) is 1. The fourth-order valence-electron chi connectivity index (χ4n) is 3.28. The van der Waals surface area contributed by atoms with Gasteiger partial charge in [0.15, 0.2) is 0 Å². The molecule has 1 heterocycles. The molecule has 1 aromatic rings. The molecule has 1 fully saturated rings. The predicted molar refractivity (Wildman–Crippen MR) is 66.5 cm³/mol. The Bertz CT molecular complexity index is 435. The van der Waals surface area contributed by atoms with Crippen molar-refractivity contribution in [3.63, 3.8) is 0 Å². The fourth-order valence-corrected chi connectivity index (χ4v) is 3.28. The monoisotopic (exact) mass is 232 g/mol. The van der Waals surface area contributed by atoms with Gasteiger partial charge in [-0.25, -0.2) is 0 Å². The van der Waals surface area contributed by atoms with E-state index in [0.717, 1.165) is 31.3 Å². The first kappa shape index (κ1) is 11.0. The van der Waals surface area contributed by atoms with Crippen LogP contribution in [0.15, 0.2) is 12.2 Å². The molecule has 0 radical (unpaired) electrons. The Morgan fingerprint density at radius 1 is 1.35 bits per heavy atom. The maximum Gasteiger partial charge on any atom is 0.136 e. The van der Waals surface area contributed by atoms with Crippen LogP contribution in [0.4, 0.5) is 0 Å². The third-order valence-corrected chi connectivity index (χ3v) is 4.16. The fraction of sp³-hybridized carbons (Fsp3) is 0.692. The maximum atomic E-state index is 5.59. The van der Waals surface area contributed by atoms with Gasteiger partial charge in [0.05, 0.1) is 0 Å². The Labute approximate surface area is 102 Å². The Morgan fingerprint density at radius 2 is 2.24 bits per heavy atom. The van der Waals surface area contributed by atoms with Crippen LogP contribution in [0.2, 0.25) is 0 Å². The molecule has 4 nitrogen and oxygen atoms in total. The Hall–Kier alpha value is -1.16. The number of hydrogen-bond donors (Lipinski definition) is 1. The van der Waals surface area contributed by atoms with Crippen LogP contribution in [0, 0.1) is 18.8 Å². The summed E-state index contributed by atoms with van der Waals surface area (Å²) < 4.78 is 2.27. The molecule has 2 N–H and O–H groups in total. The van der Waals surface area contributed by atoms with Gasteiger partial charge in [0, 0.05) is 12.5 Å². The minimum atomic E-state index is 0.587. The number of hydrogen-bond acceptors (Lipinski definition) is 3. The summed E-state index contributed by atoms with van der Waals surface area (Å²) >= 11 is 0. The van der Waals surface area contributed by atoms with E-state index in [1.54, 1.807) is 0 Å². The van der Waals surface area contributed by atoms with E-state index in [2.05, 4.69) is 26.9 Å². The molecule has 3 unspecified atom stereocenters. The normalized spacial score (nSPS) is 30.4. The van der Waals surface area contributed by atoms with Gasteiger partial charge < -0.3 is 10.3 Å². The molecule has 1 saturated carbocycles. The van der Waals surface area contributed by atoms with Crippen molar-refractivity contribution in [2.24, 2.45) is 17.6 Å². The van der Waals surface area contributed by atoms with Gasteiger partial charge in [0.25, 0.3) is 0 Å². The molecule has 2 aliphatic rings. The largest absolute Gasteiger partial charge is 0.330 e. The number of fused-ring (bicyclic) bond motifs is 2. The Morgan fingerprint density at radius 3 is 2.88 bits per heavy atom. The van der Waals surface area contributed by atoms with Crippen molar-refractivity contribution in [1.29, 1.82) is 0 Å². The first-order chi connectivity index (χ1) is 8.29. The summed E-state index contributed by atoms with van der Waals surface area (Å²) in [6.45, 7) is 3.73. The van der Waals surface area contributed by atoms with E-state index in [-0.39, 0.29) is 0 Å². The summed E-state index contributed by atoms with van der Waals surface area (Å²) in [5, 5.41) is 8.65. The van der Waals surface area contributed by atoms with Crippen LogP contribution in [0.25, 0.3) is 0 Å². The first-order valence-electron chi connectivity index (χ1n) is 6.57. The SMILES string of the molecule is Cc1nnc(C2CC3C=CC2C3)n1CCCN. The summed E-state index contributed by atoms with van der Waals surface area (Å²) in [6, 6.07) is 0. The van der Waals surface area contributed by atoms with Gasteiger partial charge in [-0.15, -0.1) is 10.2 Å². The smallest absolute Gasteiger partial charge is 0.136 e. The summed E-state index contributed by atoms with van der Waals surface area (Å²) in [5.74, 6) is 4.28. The average molecular weight is 232 g/mol. The minimum Gasteiger partial charge on any atom is -0.330 e. The van der Waals surface area contributed by atoms with Crippen molar-refractivity contribution in [2.45, 2.75) is 38.6 Å². The van der Waals surface area contributed by atoms with E-state index >= 15 is 0 Å². The highest BCUT2D eigenvalue weighted by molar-refractivity contribution is 5.19. The number of nitrogens with zero attached hydrogens (tertiary/aromatic N) is 3. The molecular weight excluding hydrogens is 212 g/mol. The van der Waals surface area contributed by atoms with Gasteiger partial charge in [-0.3, -0.25) is 0 Å². The van der Waals surface area contributed by atoms with Gasteiger partial charge in [-0.1, -0.05) is 12.2 Å². The molecule has 0 spiro atoms. The number of aryl methyl sites for hydroxylation is 1. The van der Waals surface area contributed by atoms with Crippen molar-refractivity contribution in [1.82, 2.24) is 14.8 Å². The summed E-state index contributed by atoms with van der Waals surface area (Å²) in [7, 11) is 0. The predicted octanol–water partition coefficient (Wildman–Crippen LogP) is 1.61. The number of allylic oxidation sites excluding steroid dienone is 2. The van der Waals surface area contributed by atoms with Crippen LogP contribution in [0.5, 0.6) is 0 Å². The van der Waals surface area contributed by atoms with Crippen molar-refractivity contribution < 1.29 is 0 Å². The highest BCUT2D eigenvalue weighted by Crippen LogP contribution is 2.48. The van der Waals surface area contributed by atoms with E-state index < -0.39 is 0 Å². The topological polar surface area (TPSA) is 56.7 Å². The summed E-state index contributed by atoms with van der Waals surface area (Å²) in [6.07, 6.45) is 8.31. The molecule has 0 saturated heterocycles. The zero-order valence-corrected chi connectivity index (χ0v) is 10.3. The molecule has 0 amide bonds. The average Bonchev–Trinajstić information content (AvgIpc) is 3.01. The van der Waals surface area contributed by atoms with Crippen molar-refractivity contribution >= 4 is 0 Å². The minimum absolute atomic E-state index is 0.587. The number of aromatic nitrogens is 3. The van der Waals surface area contributed by atoms with E-state index in [1.165, 1.54) is 18.7 Å². The van der Waals surface area contributed by atoms with E-state index in [1.807, 2.05) is 6.92 Å². The molecule has 2 bridgehead atoms. The van der Waals surface area contributed by atoms with E-state index in [4.69, 9.17) is 5.73 Å². The standard InChI is InChI=1S/C13H20N4/c1-9-15-16-13(17(9)6-2-5-14)12-8-10-3-4-11(12)7-10/h3-4,10-12H,2,5-8,14H2,1H3. The summed E-state index contributed by atoms with van der Waals surface area (Å²) in [5.41, 5.74) is 5.59. The molecule has 17 heavy (non-hydrogen) atoms. The second kappa shape index (κ2) is 4.26. The van der Waals surface area contributed by atoms with Crippen LogP contribution in [0.1, 0.15) is 36.8 Å². The van der Waals surface area contributed by atoms with Gasteiger partial charge >= 0.3 is 0 Å². The van der Waals surface area contributed by atoms with E-state index in [0.29, 0.717) is 11.8 Å². The second-order valence-electron chi connectivity index (χ2n) is 5.29. The van der Waals surface area contributed by atoms with Gasteiger partial charge in [0.2, 0.25) is 0 Å². The van der Waals surface area contributed by atoms with Crippen LogP contribution in [0.3, 0.4) is 0 Å². The molecule has 0 aromatic carbocycles. The zero-order chi connectivity index (χ0) is 11.8. The highest BCUT2D eigenvalue weighted by Gasteiger charge is 2.39. The molecule has 3 atom stereocenters. The van der Waals surface area contributed by atoms with Gasteiger partial charge in [-0.2, -0.15) is 0 Å². The van der Waals surface area contributed by atoms with Crippen LogP contribution in [-0.4, -0.2) is 21.3 Å². The summed E-state index contributed by atoms with van der Waals surface area (Å²) in [4.78, 5) is 0. The van der Waals surface area contributed by atoms with Crippen molar-refractivity contribution in [3.8, 4) is 0 Å². The second-order valence-corrected chi connectivity index (χ2v) is 5.29. The molecule has 92 valence electrons. The van der Waals surface area contributed by atoms with Gasteiger partial charge in [0.1, 0.15) is 11.6 Å². The van der Waals surface area contributed by atoms with Gasteiger partial charge in [-0.05, 0) is 44.6 Å². The highest BCUT2D eigenvalue weighted by atomic mass is 15.3. The van der Waals surface area contributed by atoms with Crippen molar-refractivity contribution in [3.05, 3.63) is 23.8 Å². The molecular formula is C13H20N4.